The third-order valence-corrected chi connectivity index (χ3v) is 4.90. The Hall–Kier alpha value is -0.130. The number of sulfonamides is 1. The molecule has 14 heavy (non-hydrogen) atoms. The van der Waals surface area contributed by atoms with Gasteiger partial charge in [0, 0.05) is 6.54 Å². The summed E-state index contributed by atoms with van der Waals surface area (Å²) < 4.78 is 25.5. The molecule has 0 aromatic rings. The van der Waals surface area contributed by atoms with Crippen molar-refractivity contribution in [3.05, 3.63) is 0 Å². The molecule has 1 unspecified atom stereocenters. The average Bonchev–Trinajstić information content (AvgIpc) is 2.94. The molecule has 0 amide bonds. The van der Waals surface area contributed by atoms with Gasteiger partial charge in [-0.15, -0.1) is 0 Å². The molecule has 1 saturated carbocycles. The number of hydrogen-bond acceptors (Lipinski definition) is 3. The predicted molar refractivity (Wildman–Crippen MR) is 55.4 cm³/mol. The van der Waals surface area contributed by atoms with E-state index in [1.165, 1.54) is 6.92 Å². The smallest absolute Gasteiger partial charge is 0.216 e. The molecule has 1 aliphatic carbocycles. The van der Waals surface area contributed by atoms with Crippen molar-refractivity contribution in [1.82, 2.24) is 4.72 Å². The lowest BCUT2D eigenvalue weighted by Crippen LogP contribution is -2.37. The number of rotatable bonds is 6. The summed E-state index contributed by atoms with van der Waals surface area (Å²) in [6.45, 7) is 3.79. The van der Waals surface area contributed by atoms with Gasteiger partial charge in [0.2, 0.25) is 10.0 Å². The molecular formula is C9H19NO3S. The maximum atomic E-state index is 11.5. The monoisotopic (exact) mass is 221 g/mol. The van der Waals surface area contributed by atoms with Gasteiger partial charge < -0.3 is 5.11 Å². The Balaban J connectivity index is 2.44. The highest BCUT2D eigenvalue weighted by Gasteiger charge is 2.41. The van der Waals surface area contributed by atoms with Crippen LogP contribution in [0.2, 0.25) is 0 Å². The van der Waals surface area contributed by atoms with E-state index in [-0.39, 0.29) is 12.0 Å². The molecule has 0 radical (unpaired) electrons. The summed E-state index contributed by atoms with van der Waals surface area (Å²) in [5, 5.41) is 8.04. The molecule has 5 heteroatoms. The lowest BCUT2D eigenvalue weighted by molar-refractivity contribution is 0.294. The molecule has 0 heterocycles. The molecule has 0 bridgehead atoms. The Morgan fingerprint density at radius 1 is 1.50 bits per heavy atom. The second kappa shape index (κ2) is 4.16. The quantitative estimate of drug-likeness (QED) is 0.685. The van der Waals surface area contributed by atoms with Gasteiger partial charge in [0.15, 0.2) is 0 Å². The standard InChI is InChI=1S/C9H19NO3S/c1-3-9(4-5-9)7-10-14(12,13)8(2)6-11/h8,10-11H,3-7H2,1-2H3. The van der Waals surface area contributed by atoms with E-state index in [2.05, 4.69) is 11.6 Å². The Morgan fingerprint density at radius 3 is 2.43 bits per heavy atom. The molecule has 1 rings (SSSR count). The number of nitrogens with one attached hydrogen (secondary N) is 1. The van der Waals surface area contributed by atoms with E-state index in [9.17, 15) is 8.42 Å². The SMILES string of the molecule is CCC1(CNS(=O)(=O)C(C)CO)CC1. The van der Waals surface area contributed by atoms with Crippen LogP contribution in [-0.4, -0.2) is 31.9 Å². The van der Waals surface area contributed by atoms with E-state index in [0.29, 0.717) is 6.54 Å². The molecule has 84 valence electrons. The summed E-state index contributed by atoms with van der Waals surface area (Å²) in [6.07, 6.45) is 3.24. The summed E-state index contributed by atoms with van der Waals surface area (Å²) in [6, 6.07) is 0. The zero-order chi connectivity index (χ0) is 10.8. The van der Waals surface area contributed by atoms with Gasteiger partial charge in [0.05, 0.1) is 11.9 Å². The summed E-state index contributed by atoms with van der Waals surface area (Å²) in [5.74, 6) is 0. The van der Waals surface area contributed by atoms with Gasteiger partial charge in [-0.05, 0) is 31.6 Å². The van der Waals surface area contributed by atoms with Gasteiger partial charge in [-0.2, -0.15) is 0 Å². The van der Waals surface area contributed by atoms with Gasteiger partial charge in [0.1, 0.15) is 0 Å². The first-order chi connectivity index (χ1) is 6.46. The fourth-order valence-corrected chi connectivity index (χ4v) is 2.31. The molecule has 4 nitrogen and oxygen atoms in total. The van der Waals surface area contributed by atoms with Crippen LogP contribution in [0.15, 0.2) is 0 Å². The Labute approximate surface area is 85.8 Å². The van der Waals surface area contributed by atoms with Gasteiger partial charge in [0.25, 0.3) is 0 Å². The van der Waals surface area contributed by atoms with Crippen molar-refractivity contribution in [2.45, 2.75) is 38.4 Å². The molecule has 1 atom stereocenters. The topological polar surface area (TPSA) is 66.4 Å². The maximum Gasteiger partial charge on any atom is 0.216 e. The minimum atomic E-state index is -3.31. The first-order valence-corrected chi connectivity index (χ1v) is 6.60. The van der Waals surface area contributed by atoms with Crippen LogP contribution >= 0.6 is 0 Å². The molecule has 0 aromatic carbocycles. The Bertz CT molecular complexity index is 282. The van der Waals surface area contributed by atoms with Crippen LogP contribution in [0.25, 0.3) is 0 Å². The van der Waals surface area contributed by atoms with Gasteiger partial charge in [-0.3, -0.25) is 0 Å². The predicted octanol–water partition coefficient (Wildman–Crippen LogP) is 0.477. The highest BCUT2D eigenvalue weighted by Crippen LogP contribution is 2.47. The molecule has 2 N–H and O–H groups in total. The molecule has 0 spiro atoms. The zero-order valence-corrected chi connectivity index (χ0v) is 9.60. The molecule has 1 aliphatic rings. The second-order valence-corrected chi connectivity index (χ2v) is 6.40. The van der Waals surface area contributed by atoms with Crippen molar-refractivity contribution in [1.29, 1.82) is 0 Å². The van der Waals surface area contributed by atoms with E-state index in [1.54, 1.807) is 0 Å². The Morgan fingerprint density at radius 2 is 2.07 bits per heavy atom. The van der Waals surface area contributed by atoms with E-state index < -0.39 is 15.3 Å². The van der Waals surface area contributed by atoms with Gasteiger partial charge >= 0.3 is 0 Å². The average molecular weight is 221 g/mol. The van der Waals surface area contributed by atoms with Gasteiger partial charge in [-0.1, -0.05) is 6.92 Å². The van der Waals surface area contributed by atoms with Crippen molar-refractivity contribution in [3.8, 4) is 0 Å². The van der Waals surface area contributed by atoms with Crippen LogP contribution in [0.5, 0.6) is 0 Å². The Kier molecular flexibility index (Phi) is 3.55. The normalized spacial score (nSPS) is 21.9. The largest absolute Gasteiger partial charge is 0.395 e. The first kappa shape index (κ1) is 11.9. The number of aliphatic hydroxyl groups excluding tert-OH is 1. The lowest BCUT2D eigenvalue weighted by atomic mass is 10.1. The summed E-state index contributed by atoms with van der Waals surface area (Å²) in [4.78, 5) is 0. The van der Waals surface area contributed by atoms with Crippen LogP contribution in [0, 0.1) is 5.41 Å². The molecule has 0 aliphatic heterocycles. The van der Waals surface area contributed by atoms with Crippen LogP contribution in [-0.2, 0) is 10.0 Å². The molecule has 0 saturated heterocycles. The van der Waals surface area contributed by atoms with Crippen LogP contribution in [0.3, 0.4) is 0 Å². The summed E-state index contributed by atoms with van der Waals surface area (Å²) >= 11 is 0. The third-order valence-electron chi connectivity index (χ3n) is 3.14. The molecule has 0 aromatic heterocycles. The van der Waals surface area contributed by atoms with Crippen molar-refractivity contribution in [2.24, 2.45) is 5.41 Å². The van der Waals surface area contributed by atoms with Crippen molar-refractivity contribution < 1.29 is 13.5 Å². The van der Waals surface area contributed by atoms with E-state index in [1.807, 2.05) is 0 Å². The van der Waals surface area contributed by atoms with Crippen LogP contribution < -0.4 is 4.72 Å². The maximum absolute atomic E-state index is 11.5. The van der Waals surface area contributed by atoms with E-state index in [0.717, 1.165) is 19.3 Å². The van der Waals surface area contributed by atoms with Crippen molar-refractivity contribution in [3.63, 3.8) is 0 Å². The lowest BCUT2D eigenvalue weighted by Gasteiger charge is -2.16. The highest BCUT2D eigenvalue weighted by molar-refractivity contribution is 7.90. The fraction of sp³-hybridized carbons (Fsp3) is 1.00. The van der Waals surface area contributed by atoms with E-state index >= 15 is 0 Å². The summed E-state index contributed by atoms with van der Waals surface area (Å²) in [7, 11) is -3.31. The first-order valence-electron chi connectivity index (χ1n) is 5.05. The number of aliphatic hydroxyl groups is 1. The van der Waals surface area contributed by atoms with Crippen molar-refractivity contribution in [2.75, 3.05) is 13.2 Å². The zero-order valence-electron chi connectivity index (χ0n) is 8.78. The number of hydrogen-bond donors (Lipinski definition) is 2. The van der Waals surface area contributed by atoms with Crippen molar-refractivity contribution >= 4 is 10.0 Å². The van der Waals surface area contributed by atoms with Gasteiger partial charge in [-0.25, -0.2) is 13.1 Å². The van der Waals surface area contributed by atoms with Crippen LogP contribution in [0.1, 0.15) is 33.1 Å². The molecular weight excluding hydrogens is 202 g/mol. The van der Waals surface area contributed by atoms with E-state index in [4.69, 9.17) is 5.11 Å². The second-order valence-electron chi connectivity index (χ2n) is 4.21. The highest BCUT2D eigenvalue weighted by atomic mass is 32.2. The summed E-state index contributed by atoms with van der Waals surface area (Å²) in [5.41, 5.74) is 0.211. The minimum Gasteiger partial charge on any atom is -0.395 e. The fourth-order valence-electron chi connectivity index (χ4n) is 1.33. The van der Waals surface area contributed by atoms with Crippen LogP contribution in [0.4, 0.5) is 0 Å². The minimum absolute atomic E-state index is 0.211. The third kappa shape index (κ3) is 2.68. The molecule has 1 fully saturated rings.